The molecule has 4 nitrogen and oxygen atoms in total. The zero-order chi connectivity index (χ0) is 10.3. The molecule has 0 unspecified atom stereocenters. The SMILES string of the molecule is Nc1nnc(-c2ccc3[nH]ccc3c2)s1. The minimum absolute atomic E-state index is 0.499. The van der Waals surface area contributed by atoms with Gasteiger partial charge in [-0.05, 0) is 24.3 Å². The number of nitrogens with one attached hydrogen (secondary N) is 1. The Labute approximate surface area is 89.8 Å². The zero-order valence-corrected chi connectivity index (χ0v) is 8.58. The summed E-state index contributed by atoms with van der Waals surface area (Å²) < 4.78 is 0. The largest absolute Gasteiger partial charge is 0.374 e. The molecule has 0 amide bonds. The van der Waals surface area contributed by atoms with Crippen molar-refractivity contribution in [2.45, 2.75) is 0 Å². The average Bonchev–Trinajstić information content (AvgIpc) is 2.84. The third-order valence-electron chi connectivity index (χ3n) is 2.24. The normalized spacial score (nSPS) is 10.9. The van der Waals surface area contributed by atoms with E-state index in [9.17, 15) is 0 Å². The van der Waals surface area contributed by atoms with Crippen molar-refractivity contribution in [3.05, 3.63) is 30.5 Å². The van der Waals surface area contributed by atoms with Gasteiger partial charge in [0.05, 0.1) is 0 Å². The van der Waals surface area contributed by atoms with E-state index in [4.69, 9.17) is 5.73 Å². The summed E-state index contributed by atoms with van der Waals surface area (Å²) >= 11 is 1.40. The number of hydrogen-bond acceptors (Lipinski definition) is 4. The lowest BCUT2D eigenvalue weighted by Gasteiger charge is -1.95. The lowest BCUT2D eigenvalue weighted by molar-refractivity contribution is 1.10. The molecule has 3 rings (SSSR count). The monoisotopic (exact) mass is 216 g/mol. The maximum absolute atomic E-state index is 5.55. The van der Waals surface area contributed by atoms with Gasteiger partial charge in [0.25, 0.3) is 0 Å². The number of hydrogen-bond donors (Lipinski definition) is 2. The smallest absolute Gasteiger partial charge is 0.203 e. The summed E-state index contributed by atoms with van der Waals surface area (Å²) in [6.45, 7) is 0. The Morgan fingerprint density at radius 1 is 1.20 bits per heavy atom. The molecule has 0 spiro atoms. The second-order valence-corrected chi connectivity index (χ2v) is 4.23. The number of nitrogens with two attached hydrogens (primary N) is 1. The highest BCUT2D eigenvalue weighted by Gasteiger charge is 2.05. The molecule has 0 aliphatic heterocycles. The summed E-state index contributed by atoms with van der Waals surface area (Å²) in [6, 6.07) is 8.15. The first kappa shape index (κ1) is 8.43. The van der Waals surface area contributed by atoms with E-state index in [1.807, 2.05) is 24.4 Å². The van der Waals surface area contributed by atoms with Gasteiger partial charge in [-0.1, -0.05) is 11.3 Å². The van der Waals surface area contributed by atoms with Crippen LogP contribution in [-0.4, -0.2) is 15.2 Å². The third-order valence-corrected chi connectivity index (χ3v) is 3.04. The van der Waals surface area contributed by atoms with Crippen LogP contribution in [0.25, 0.3) is 21.5 Å². The number of rotatable bonds is 1. The Bertz CT molecular complexity index is 610. The fraction of sp³-hybridized carbons (Fsp3) is 0. The number of aromatic nitrogens is 3. The lowest BCUT2D eigenvalue weighted by Crippen LogP contribution is -1.80. The van der Waals surface area contributed by atoms with E-state index in [-0.39, 0.29) is 0 Å². The molecule has 0 radical (unpaired) electrons. The number of nitrogens with zero attached hydrogens (tertiary/aromatic N) is 2. The van der Waals surface area contributed by atoms with Crippen molar-refractivity contribution in [1.82, 2.24) is 15.2 Å². The fourth-order valence-corrected chi connectivity index (χ4v) is 2.14. The molecule has 0 atom stereocenters. The van der Waals surface area contributed by atoms with E-state index in [0.717, 1.165) is 16.1 Å². The topological polar surface area (TPSA) is 67.6 Å². The van der Waals surface area contributed by atoms with E-state index < -0.39 is 0 Å². The van der Waals surface area contributed by atoms with Crippen LogP contribution >= 0.6 is 11.3 Å². The minimum atomic E-state index is 0.499. The van der Waals surface area contributed by atoms with Crippen LogP contribution in [0.1, 0.15) is 0 Å². The molecule has 0 bridgehead atoms. The highest BCUT2D eigenvalue weighted by atomic mass is 32.1. The van der Waals surface area contributed by atoms with Crippen molar-refractivity contribution in [2.24, 2.45) is 0 Å². The van der Waals surface area contributed by atoms with Crippen LogP contribution in [0.5, 0.6) is 0 Å². The molecule has 0 aliphatic carbocycles. The van der Waals surface area contributed by atoms with Crippen molar-refractivity contribution < 1.29 is 0 Å². The summed E-state index contributed by atoms with van der Waals surface area (Å²) in [5.74, 6) is 0. The van der Waals surface area contributed by atoms with Crippen molar-refractivity contribution in [3.8, 4) is 10.6 Å². The maximum atomic E-state index is 5.55. The van der Waals surface area contributed by atoms with Crippen molar-refractivity contribution in [1.29, 1.82) is 0 Å². The molecule has 5 heteroatoms. The van der Waals surface area contributed by atoms with Crippen LogP contribution in [0.4, 0.5) is 5.13 Å². The van der Waals surface area contributed by atoms with E-state index in [0.29, 0.717) is 5.13 Å². The fourth-order valence-electron chi connectivity index (χ4n) is 1.54. The minimum Gasteiger partial charge on any atom is -0.374 e. The molecular weight excluding hydrogens is 208 g/mol. The summed E-state index contributed by atoms with van der Waals surface area (Å²) in [6.07, 6.45) is 1.92. The van der Waals surface area contributed by atoms with Gasteiger partial charge in [-0.15, -0.1) is 10.2 Å². The van der Waals surface area contributed by atoms with Gasteiger partial charge in [0, 0.05) is 22.7 Å². The van der Waals surface area contributed by atoms with Crippen LogP contribution in [0.2, 0.25) is 0 Å². The molecule has 0 saturated carbocycles. The Morgan fingerprint density at radius 3 is 2.93 bits per heavy atom. The second kappa shape index (κ2) is 3.06. The number of nitrogen functional groups attached to an aromatic ring is 1. The van der Waals surface area contributed by atoms with Crippen LogP contribution in [0, 0.1) is 0 Å². The number of H-pyrrole nitrogens is 1. The Balaban J connectivity index is 2.18. The Morgan fingerprint density at radius 2 is 2.13 bits per heavy atom. The van der Waals surface area contributed by atoms with Crippen molar-refractivity contribution in [2.75, 3.05) is 5.73 Å². The van der Waals surface area contributed by atoms with Gasteiger partial charge in [-0.25, -0.2) is 0 Å². The van der Waals surface area contributed by atoms with Crippen LogP contribution in [0.3, 0.4) is 0 Å². The van der Waals surface area contributed by atoms with Gasteiger partial charge in [0.2, 0.25) is 5.13 Å². The predicted octanol–water partition coefficient (Wildman–Crippen LogP) is 2.27. The van der Waals surface area contributed by atoms with Gasteiger partial charge < -0.3 is 10.7 Å². The van der Waals surface area contributed by atoms with Gasteiger partial charge in [-0.2, -0.15) is 0 Å². The molecular formula is C10H8N4S. The Hall–Kier alpha value is -1.88. The standard InChI is InChI=1S/C10H8N4S/c11-10-14-13-9(15-10)7-1-2-8-6(5-7)3-4-12-8/h1-5,12H,(H2,11,14). The van der Waals surface area contributed by atoms with E-state index in [1.54, 1.807) is 0 Å². The van der Waals surface area contributed by atoms with Crippen LogP contribution in [-0.2, 0) is 0 Å². The predicted molar refractivity (Wildman–Crippen MR) is 61.6 cm³/mol. The molecule has 2 aromatic heterocycles. The van der Waals surface area contributed by atoms with Gasteiger partial charge in [0.1, 0.15) is 5.01 Å². The molecule has 3 N–H and O–H groups in total. The molecule has 3 aromatic rings. The first-order valence-electron chi connectivity index (χ1n) is 4.49. The highest BCUT2D eigenvalue weighted by Crippen LogP contribution is 2.27. The summed E-state index contributed by atoms with van der Waals surface area (Å²) in [5.41, 5.74) is 7.72. The lowest BCUT2D eigenvalue weighted by atomic mass is 10.2. The molecule has 1 aromatic carbocycles. The average molecular weight is 216 g/mol. The molecule has 0 aliphatic rings. The zero-order valence-electron chi connectivity index (χ0n) is 7.77. The maximum Gasteiger partial charge on any atom is 0.203 e. The molecule has 2 heterocycles. The first-order chi connectivity index (χ1) is 7.33. The molecule has 0 saturated heterocycles. The molecule has 74 valence electrons. The Kier molecular flexibility index (Phi) is 1.72. The first-order valence-corrected chi connectivity index (χ1v) is 5.31. The number of aromatic amines is 1. The summed E-state index contributed by atoms with van der Waals surface area (Å²) in [7, 11) is 0. The van der Waals surface area contributed by atoms with Crippen molar-refractivity contribution in [3.63, 3.8) is 0 Å². The van der Waals surface area contributed by atoms with Gasteiger partial charge in [0.15, 0.2) is 0 Å². The molecule has 15 heavy (non-hydrogen) atoms. The number of anilines is 1. The second-order valence-electron chi connectivity index (χ2n) is 3.23. The summed E-state index contributed by atoms with van der Waals surface area (Å²) in [4.78, 5) is 3.15. The van der Waals surface area contributed by atoms with Crippen LogP contribution < -0.4 is 5.73 Å². The van der Waals surface area contributed by atoms with E-state index in [2.05, 4.69) is 21.2 Å². The van der Waals surface area contributed by atoms with Crippen molar-refractivity contribution >= 4 is 27.4 Å². The van der Waals surface area contributed by atoms with E-state index >= 15 is 0 Å². The summed E-state index contributed by atoms with van der Waals surface area (Å²) in [5, 5.41) is 10.3. The van der Waals surface area contributed by atoms with Gasteiger partial charge >= 0.3 is 0 Å². The van der Waals surface area contributed by atoms with E-state index in [1.165, 1.54) is 16.7 Å². The van der Waals surface area contributed by atoms with Gasteiger partial charge in [-0.3, -0.25) is 0 Å². The number of fused-ring (bicyclic) bond motifs is 1. The van der Waals surface area contributed by atoms with Crippen LogP contribution in [0.15, 0.2) is 30.5 Å². The highest BCUT2D eigenvalue weighted by molar-refractivity contribution is 7.18. The quantitative estimate of drug-likeness (QED) is 0.655. The third kappa shape index (κ3) is 1.37. The number of benzene rings is 1. The molecule has 0 fully saturated rings.